The number of aryl methyl sites for hydroxylation is 1. The maximum absolute atomic E-state index is 5.86. The summed E-state index contributed by atoms with van der Waals surface area (Å²) < 4.78 is 5.86. The van der Waals surface area contributed by atoms with E-state index in [-0.39, 0.29) is 0 Å². The Hall–Kier alpha value is -1.87. The summed E-state index contributed by atoms with van der Waals surface area (Å²) in [6.07, 6.45) is 2.84. The van der Waals surface area contributed by atoms with E-state index in [1.165, 1.54) is 16.7 Å². The van der Waals surface area contributed by atoms with Gasteiger partial charge in [-0.15, -0.1) is 0 Å². The molecule has 0 amide bonds. The van der Waals surface area contributed by atoms with Crippen molar-refractivity contribution in [2.75, 3.05) is 6.61 Å². The molecule has 1 aliphatic rings. The molecule has 3 nitrogen and oxygen atoms in total. The number of hydrogen-bond donors (Lipinski definition) is 1. The summed E-state index contributed by atoms with van der Waals surface area (Å²) in [6, 6.07) is 10.7. The molecule has 2 heterocycles. The predicted octanol–water partition coefficient (Wildman–Crippen LogP) is 3.31. The Kier molecular flexibility index (Phi) is 3.70. The smallest absolute Gasteiger partial charge is 0.127 e. The molecule has 1 unspecified atom stereocenters. The molecule has 20 heavy (non-hydrogen) atoms. The number of ether oxygens (including phenoxy) is 1. The highest BCUT2D eigenvalue weighted by atomic mass is 16.5. The number of nitrogens with one attached hydrogen (secondary N) is 1. The van der Waals surface area contributed by atoms with Crippen molar-refractivity contribution in [1.82, 2.24) is 10.3 Å². The molecule has 0 saturated heterocycles. The van der Waals surface area contributed by atoms with E-state index in [1.807, 2.05) is 24.4 Å². The van der Waals surface area contributed by atoms with Gasteiger partial charge in [-0.05, 0) is 37.1 Å². The van der Waals surface area contributed by atoms with Crippen LogP contribution < -0.4 is 10.1 Å². The average Bonchev–Trinajstić information content (AvgIpc) is 2.50. The average molecular weight is 268 g/mol. The Morgan fingerprint density at radius 3 is 2.95 bits per heavy atom. The van der Waals surface area contributed by atoms with Gasteiger partial charge in [-0.2, -0.15) is 0 Å². The van der Waals surface area contributed by atoms with Crippen molar-refractivity contribution < 1.29 is 4.74 Å². The van der Waals surface area contributed by atoms with Gasteiger partial charge in [0, 0.05) is 30.8 Å². The van der Waals surface area contributed by atoms with Gasteiger partial charge in [0.05, 0.1) is 12.3 Å². The summed E-state index contributed by atoms with van der Waals surface area (Å²) in [5, 5.41) is 3.60. The fourth-order valence-corrected chi connectivity index (χ4v) is 2.65. The lowest BCUT2D eigenvalue weighted by molar-refractivity contribution is 0.250. The zero-order chi connectivity index (χ0) is 13.9. The van der Waals surface area contributed by atoms with Gasteiger partial charge >= 0.3 is 0 Å². The molecular formula is C17H20N2O. The fourth-order valence-electron chi connectivity index (χ4n) is 2.65. The number of fused-ring (bicyclic) bond motifs is 1. The number of hydrogen-bond acceptors (Lipinski definition) is 3. The van der Waals surface area contributed by atoms with Crippen LogP contribution >= 0.6 is 0 Å². The number of aromatic nitrogens is 1. The van der Waals surface area contributed by atoms with Crippen LogP contribution in [0.5, 0.6) is 5.75 Å². The van der Waals surface area contributed by atoms with E-state index < -0.39 is 0 Å². The maximum atomic E-state index is 5.86. The third kappa shape index (κ3) is 2.54. The van der Waals surface area contributed by atoms with Crippen LogP contribution in [0.1, 0.15) is 34.8 Å². The molecule has 2 aromatic rings. The van der Waals surface area contributed by atoms with E-state index in [2.05, 4.69) is 36.3 Å². The standard InChI is InChI=1S/C17H20N2O/c1-12-6-7-15-16(8-10-20-17(15)13(12)2)19-11-14-5-3-4-9-18-14/h3-7,9,16,19H,8,10-11H2,1-2H3. The van der Waals surface area contributed by atoms with Gasteiger partial charge < -0.3 is 10.1 Å². The first-order chi connectivity index (χ1) is 9.75. The molecule has 0 saturated carbocycles. The van der Waals surface area contributed by atoms with Gasteiger partial charge in [-0.1, -0.05) is 18.2 Å². The number of pyridine rings is 1. The molecule has 0 radical (unpaired) electrons. The van der Waals surface area contributed by atoms with E-state index in [0.717, 1.165) is 31.0 Å². The van der Waals surface area contributed by atoms with Gasteiger partial charge in [-0.3, -0.25) is 4.98 Å². The number of rotatable bonds is 3. The molecule has 104 valence electrons. The minimum absolute atomic E-state index is 0.347. The van der Waals surface area contributed by atoms with E-state index in [4.69, 9.17) is 4.74 Å². The van der Waals surface area contributed by atoms with Crippen molar-refractivity contribution in [2.24, 2.45) is 0 Å². The van der Waals surface area contributed by atoms with E-state index in [9.17, 15) is 0 Å². The van der Waals surface area contributed by atoms with Gasteiger partial charge in [0.25, 0.3) is 0 Å². The SMILES string of the molecule is Cc1ccc2c(c1C)OCCC2NCc1ccccn1. The van der Waals surface area contributed by atoms with Crippen molar-refractivity contribution in [2.45, 2.75) is 32.9 Å². The molecule has 1 aromatic carbocycles. The van der Waals surface area contributed by atoms with Crippen LogP contribution in [0.15, 0.2) is 36.5 Å². The van der Waals surface area contributed by atoms with Crippen LogP contribution in [0.25, 0.3) is 0 Å². The first-order valence-corrected chi connectivity index (χ1v) is 7.12. The van der Waals surface area contributed by atoms with Crippen molar-refractivity contribution >= 4 is 0 Å². The van der Waals surface area contributed by atoms with Gasteiger partial charge in [0.1, 0.15) is 5.75 Å². The maximum Gasteiger partial charge on any atom is 0.127 e. The molecule has 0 aliphatic carbocycles. The Morgan fingerprint density at radius 2 is 2.15 bits per heavy atom. The number of benzene rings is 1. The number of nitrogens with zero attached hydrogens (tertiary/aromatic N) is 1. The zero-order valence-corrected chi connectivity index (χ0v) is 12.0. The minimum atomic E-state index is 0.347. The highest BCUT2D eigenvalue weighted by Crippen LogP contribution is 2.36. The van der Waals surface area contributed by atoms with Crippen LogP contribution in [0.3, 0.4) is 0 Å². The van der Waals surface area contributed by atoms with Crippen molar-refractivity contribution in [3.05, 3.63) is 58.9 Å². The highest BCUT2D eigenvalue weighted by Gasteiger charge is 2.23. The second-order valence-corrected chi connectivity index (χ2v) is 5.32. The molecule has 0 spiro atoms. The first kappa shape index (κ1) is 13.1. The summed E-state index contributed by atoms with van der Waals surface area (Å²) in [5.41, 5.74) is 4.89. The summed E-state index contributed by atoms with van der Waals surface area (Å²) in [5.74, 6) is 1.06. The molecule has 1 N–H and O–H groups in total. The Balaban J connectivity index is 1.79. The lowest BCUT2D eigenvalue weighted by Crippen LogP contribution is -2.27. The van der Waals surface area contributed by atoms with Gasteiger partial charge in [0.15, 0.2) is 0 Å². The lowest BCUT2D eigenvalue weighted by Gasteiger charge is -2.28. The molecule has 1 aliphatic heterocycles. The van der Waals surface area contributed by atoms with E-state index in [1.54, 1.807) is 0 Å². The lowest BCUT2D eigenvalue weighted by atomic mass is 9.95. The monoisotopic (exact) mass is 268 g/mol. The Bertz CT molecular complexity index is 595. The fraction of sp³-hybridized carbons (Fsp3) is 0.353. The van der Waals surface area contributed by atoms with Crippen LogP contribution in [0.2, 0.25) is 0 Å². The minimum Gasteiger partial charge on any atom is -0.493 e. The summed E-state index contributed by atoms with van der Waals surface area (Å²) in [6.45, 7) is 5.83. The Morgan fingerprint density at radius 1 is 1.25 bits per heavy atom. The van der Waals surface area contributed by atoms with Gasteiger partial charge in [0.2, 0.25) is 0 Å². The first-order valence-electron chi connectivity index (χ1n) is 7.12. The molecule has 1 aromatic heterocycles. The van der Waals surface area contributed by atoms with Crippen LogP contribution in [0.4, 0.5) is 0 Å². The normalized spacial score (nSPS) is 17.4. The molecule has 3 heteroatoms. The van der Waals surface area contributed by atoms with Gasteiger partial charge in [-0.25, -0.2) is 0 Å². The molecule has 1 atom stereocenters. The summed E-state index contributed by atoms with van der Waals surface area (Å²) in [4.78, 5) is 4.36. The van der Waals surface area contributed by atoms with Crippen LogP contribution in [-0.2, 0) is 6.54 Å². The van der Waals surface area contributed by atoms with E-state index in [0.29, 0.717) is 6.04 Å². The molecular weight excluding hydrogens is 248 g/mol. The second kappa shape index (κ2) is 5.63. The second-order valence-electron chi connectivity index (χ2n) is 5.32. The molecule has 0 fully saturated rings. The third-order valence-corrected chi connectivity index (χ3v) is 3.99. The third-order valence-electron chi connectivity index (χ3n) is 3.99. The molecule has 0 bridgehead atoms. The molecule has 3 rings (SSSR count). The highest BCUT2D eigenvalue weighted by molar-refractivity contribution is 5.47. The van der Waals surface area contributed by atoms with Crippen molar-refractivity contribution in [3.63, 3.8) is 0 Å². The van der Waals surface area contributed by atoms with Crippen molar-refractivity contribution in [3.8, 4) is 5.75 Å². The largest absolute Gasteiger partial charge is 0.493 e. The Labute approximate surface area is 120 Å². The zero-order valence-electron chi connectivity index (χ0n) is 12.0. The topological polar surface area (TPSA) is 34.1 Å². The summed E-state index contributed by atoms with van der Waals surface area (Å²) >= 11 is 0. The quantitative estimate of drug-likeness (QED) is 0.927. The van der Waals surface area contributed by atoms with Crippen LogP contribution in [0, 0.1) is 13.8 Å². The van der Waals surface area contributed by atoms with Crippen molar-refractivity contribution in [1.29, 1.82) is 0 Å². The predicted molar refractivity (Wildman–Crippen MR) is 79.8 cm³/mol. The summed E-state index contributed by atoms with van der Waals surface area (Å²) in [7, 11) is 0. The van der Waals surface area contributed by atoms with Crippen LogP contribution in [-0.4, -0.2) is 11.6 Å². The van der Waals surface area contributed by atoms with E-state index >= 15 is 0 Å².